The maximum absolute atomic E-state index is 14.0. The van der Waals surface area contributed by atoms with Crippen LogP contribution in [0.4, 0.5) is 5.69 Å². The van der Waals surface area contributed by atoms with Gasteiger partial charge in [0.15, 0.2) is 0 Å². The predicted molar refractivity (Wildman–Crippen MR) is 176 cm³/mol. The van der Waals surface area contributed by atoms with Crippen molar-refractivity contribution in [3.63, 3.8) is 0 Å². The van der Waals surface area contributed by atoms with E-state index in [9.17, 15) is 18.0 Å². The second-order valence-corrected chi connectivity index (χ2v) is 13.7. The molecule has 0 saturated heterocycles. The van der Waals surface area contributed by atoms with Crippen molar-refractivity contribution in [1.29, 1.82) is 0 Å². The number of sulfonamides is 1. The molecule has 2 atom stereocenters. The third kappa shape index (κ3) is 9.71. The van der Waals surface area contributed by atoms with E-state index in [-0.39, 0.29) is 50.2 Å². The molecule has 2 amide bonds. The van der Waals surface area contributed by atoms with Gasteiger partial charge in [0.05, 0.1) is 11.9 Å². The lowest BCUT2D eigenvalue weighted by atomic mass is 10.0. The van der Waals surface area contributed by atoms with Gasteiger partial charge >= 0.3 is 0 Å². The first kappa shape index (κ1) is 34.4. The Labute approximate surface area is 266 Å². The molecular formula is C33H41Cl2N3O4S. The van der Waals surface area contributed by atoms with Crippen LogP contribution in [0.25, 0.3) is 0 Å². The first-order valence-corrected chi connectivity index (χ1v) is 17.0. The van der Waals surface area contributed by atoms with Crippen LogP contribution in [-0.2, 0) is 32.6 Å². The minimum Gasteiger partial charge on any atom is -0.352 e. The number of amides is 2. The van der Waals surface area contributed by atoms with Crippen LogP contribution < -0.4 is 9.62 Å². The van der Waals surface area contributed by atoms with Crippen LogP contribution in [0.5, 0.6) is 0 Å². The number of carbonyl (C=O) groups is 2. The molecule has 0 bridgehead atoms. The normalized spacial score (nSPS) is 12.8. The lowest BCUT2D eigenvalue weighted by molar-refractivity contribution is -0.141. The molecule has 0 fully saturated rings. The Kier molecular flexibility index (Phi) is 12.5. The Hall–Kier alpha value is -3.07. The molecule has 0 aliphatic carbocycles. The van der Waals surface area contributed by atoms with Crippen molar-refractivity contribution >= 4 is 50.7 Å². The molecule has 0 aliphatic heterocycles. The lowest BCUT2D eigenvalue weighted by Crippen LogP contribution is -2.52. The van der Waals surface area contributed by atoms with Crippen LogP contribution in [0, 0.1) is 13.8 Å². The highest BCUT2D eigenvalue weighted by Gasteiger charge is 2.32. The van der Waals surface area contributed by atoms with Crippen molar-refractivity contribution in [2.24, 2.45) is 0 Å². The summed E-state index contributed by atoms with van der Waals surface area (Å²) in [6.45, 7) is 7.92. The molecule has 3 aromatic carbocycles. The number of nitrogens with zero attached hydrogens (tertiary/aromatic N) is 2. The van der Waals surface area contributed by atoms with Gasteiger partial charge < -0.3 is 10.2 Å². The Balaban J connectivity index is 1.94. The van der Waals surface area contributed by atoms with Crippen LogP contribution >= 0.6 is 23.2 Å². The van der Waals surface area contributed by atoms with Gasteiger partial charge in [-0.05, 0) is 74.6 Å². The highest BCUT2D eigenvalue weighted by atomic mass is 35.5. The number of halogens is 2. The quantitative estimate of drug-likeness (QED) is 0.211. The summed E-state index contributed by atoms with van der Waals surface area (Å²) < 4.78 is 26.8. The van der Waals surface area contributed by atoms with E-state index in [1.54, 1.807) is 24.3 Å². The van der Waals surface area contributed by atoms with Gasteiger partial charge in [-0.1, -0.05) is 72.6 Å². The molecular weight excluding hydrogens is 605 g/mol. The van der Waals surface area contributed by atoms with Crippen molar-refractivity contribution in [3.8, 4) is 0 Å². The van der Waals surface area contributed by atoms with Gasteiger partial charge in [0.25, 0.3) is 0 Å². The Morgan fingerprint density at radius 1 is 0.930 bits per heavy atom. The molecule has 0 heterocycles. The largest absolute Gasteiger partial charge is 0.352 e. The van der Waals surface area contributed by atoms with E-state index >= 15 is 0 Å². The van der Waals surface area contributed by atoms with Gasteiger partial charge in [0.1, 0.15) is 6.04 Å². The van der Waals surface area contributed by atoms with E-state index in [2.05, 4.69) is 5.32 Å². The highest BCUT2D eigenvalue weighted by molar-refractivity contribution is 7.92. The number of nitrogens with one attached hydrogen (secondary N) is 1. The Morgan fingerprint density at radius 2 is 1.58 bits per heavy atom. The van der Waals surface area contributed by atoms with Crippen molar-refractivity contribution in [1.82, 2.24) is 10.2 Å². The summed E-state index contributed by atoms with van der Waals surface area (Å²) in [4.78, 5) is 29.3. The van der Waals surface area contributed by atoms with Crippen molar-refractivity contribution in [3.05, 3.63) is 99.0 Å². The summed E-state index contributed by atoms with van der Waals surface area (Å²) in [5, 5.41) is 3.82. The Bertz CT molecular complexity index is 1500. The molecule has 0 aromatic heterocycles. The zero-order valence-electron chi connectivity index (χ0n) is 25.4. The smallest absolute Gasteiger partial charge is 0.243 e. The molecule has 0 radical (unpaired) electrons. The molecule has 0 spiro atoms. The first-order valence-electron chi connectivity index (χ1n) is 14.4. The van der Waals surface area contributed by atoms with Gasteiger partial charge in [-0.2, -0.15) is 0 Å². The van der Waals surface area contributed by atoms with Gasteiger partial charge in [-0.15, -0.1) is 0 Å². The molecule has 3 aromatic rings. The number of aryl methyl sites for hydroxylation is 2. The summed E-state index contributed by atoms with van der Waals surface area (Å²) in [5.74, 6) is -0.577. The highest BCUT2D eigenvalue weighted by Crippen LogP contribution is 2.28. The molecule has 10 heteroatoms. The predicted octanol–water partition coefficient (Wildman–Crippen LogP) is 6.71. The van der Waals surface area contributed by atoms with Gasteiger partial charge in [-0.3, -0.25) is 13.9 Å². The van der Waals surface area contributed by atoms with Crippen molar-refractivity contribution in [2.75, 3.05) is 17.1 Å². The molecule has 3 rings (SSSR count). The topological polar surface area (TPSA) is 86.8 Å². The number of carbonyl (C=O) groups excluding carboxylic acids is 2. The maximum atomic E-state index is 14.0. The van der Waals surface area contributed by atoms with E-state index in [1.165, 1.54) is 9.21 Å². The molecule has 43 heavy (non-hydrogen) atoms. The minimum absolute atomic E-state index is 0.0147. The molecule has 1 N–H and O–H groups in total. The fourth-order valence-corrected chi connectivity index (χ4v) is 6.21. The van der Waals surface area contributed by atoms with E-state index in [0.29, 0.717) is 21.3 Å². The summed E-state index contributed by atoms with van der Waals surface area (Å²) in [5.41, 5.74) is 4.02. The molecule has 0 saturated carbocycles. The number of anilines is 1. The summed E-state index contributed by atoms with van der Waals surface area (Å²) in [6.07, 6.45) is 2.44. The van der Waals surface area contributed by atoms with E-state index in [0.717, 1.165) is 29.4 Å². The zero-order chi connectivity index (χ0) is 31.7. The van der Waals surface area contributed by atoms with Crippen molar-refractivity contribution < 1.29 is 18.0 Å². The fraction of sp³-hybridized carbons (Fsp3) is 0.394. The van der Waals surface area contributed by atoms with Crippen molar-refractivity contribution in [2.45, 2.75) is 72.0 Å². The van der Waals surface area contributed by atoms with Crippen LogP contribution in [0.3, 0.4) is 0 Å². The average Bonchev–Trinajstić information content (AvgIpc) is 2.95. The standard InChI is InChI=1S/C33H41Cl2N3O4S/c1-6-25(4)36-33(40)31(21-26-12-8-7-9-13-26)37(22-28-29(34)14-10-15-30(28)35)32(39)16-11-19-38(43(5,41)42)27-18-17-23(2)24(3)20-27/h7-10,12-15,17-18,20,25,31H,6,11,16,19,21-22H2,1-5H3,(H,36,40). The number of benzene rings is 3. The number of hydrogen-bond donors (Lipinski definition) is 1. The monoisotopic (exact) mass is 645 g/mol. The van der Waals surface area contributed by atoms with Crippen LogP contribution in [0.15, 0.2) is 66.7 Å². The molecule has 0 aliphatic rings. The molecule has 7 nitrogen and oxygen atoms in total. The molecule has 232 valence electrons. The first-order chi connectivity index (χ1) is 20.3. The zero-order valence-corrected chi connectivity index (χ0v) is 27.8. The van der Waals surface area contributed by atoms with E-state index in [1.807, 2.05) is 70.2 Å². The summed E-state index contributed by atoms with van der Waals surface area (Å²) in [6, 6.07) is 19.2. The van der Waals surface area contributed by atoms with Crippen LogP contribution in [-0.4, -0.2) is 50.0 Å². The van der Waals surface area contributed by atoms with E-state index < -0.39 is 16.1 Å². The van der Waals surface area contributed by atoms with E-state index in [4.69, 9.17) is 23.2 Å². The molecule has 2 unspecified atom stereocenters. The van der Waals surface area contributed by atoms with Gasteiger partial charge in [0, 0.05) is 47.6 Å². The van der Waals surface area contributed by atoms with Crippen LogP contribution in [0.1, 0.15) is 55.4 Å². The SMILES string of the molecule is CCC(C)NC(=O)C(Cc1ccccc1)N(Cc1c(Cl)cccc1Cl)C(=O)CCCN(c1ccc(C)c(C)c1)S(C)(=O)=O. The van der Waals surface area contributed by atoms with Gasteiger partial charge in [-0.25, -0.2) is 8.42 Å². The minimum atomic E-state index is -3.60. The fourth-order valence-electron chi connectivity index (χ4n) is 4.73. The summed E-state index contributed by atoms with van der Waals surface area (Å²) in [7, 11) is -3.60. The van der Waals surface area contributed by atoms with Crippen LogP contribution in [0.2, 0.25) is 10.0 Å². The lowest BCUT2D eigenvalue weighted by Gasteiger charge is -2.33. The third-order valence-corrected chi connectivity index (χ3v) is 9.50. The van der Waals surface area contributed by atoms with Gasteiger partial charge in [0.2, 0.25) is 21.8 Å². The number of hydrogen-bond acceptors (Lipinski definition) is 4. The maximum Gasteiger partial charge on any atom is 0.243 e. The Morgan fingerprint density at radius 3 is 2.16 bits per heavy atom. The second kappa shape index (κ2) is 15.6. The third-order valence-electron chi connectivity index (χ3n) is 7.59. The number of rotatable bonds is 14. The second-order valence-electron chi connectivity index (χ2n) is 11.0. The summed E-state index contributed by atoms with van der Waals surface area (Å²) >= 11 is 13.0. The average molecular weight is 647 g/mol.